The van der Waals surface area contributed by atoms with Gasteiger partial charge in [-0.05, 0) is 5.56 Å². The molecule has 0 aliphatic carbocycles. The van der Waals surface area contributed by atoms with Gasteiger partial charge >= 0.3 is 0 Å². The molecule has 3 heteroatoms. The standard InChI is InChI=1S/C12H10N2O/c15-8-4-7-12-13-9-11(14-12)10-5-2-1-3-6-10/h1-6,9H,7H2,(H,13,14). The number of aromatic amines is 1. The fourth-order valence-corrected chi connectivity index (χ4v) is 1.37. The number of rotatable bonds is 3. The second-order valence-corrected chi connectivity index (χ2v) is 3.14. The third-order valence-corrected chi connectivity index (χ3v) is 2.09. The number of allylic oxidation sites excluding steroid dienone is 1. The lowest BCUT2D eigenvalue weighted by Gasteiger charge is -1.94. The highest BCUT2D eigenvalue weighted by Gasteiger charge is 2.00. The maximum atomic E-state index is 10.0. The van der Waals surface area contributed by atoms with E-state index in [0.717, 1.165) is 17.1 Å². The molecule has 1 aromatic heterocycles. The smallest absolute Gasteiger partial charge is 0.120 e. The Kier molecular flexibility index (Phi) is 2.77. The molecule has 1 heterocycles. The number of H-pyrrole nitrogens is 1. The first-order valence-corrected chi connectivity index (χ1v) is 4.69. The number of aromatic nitrogens is 2. The summed E-state index contributed by atoms with van der Waals surface area (Å²) >= 11 is 0. The molecule has 2 aromatic rings. The number of benzene rings is 1. The molecule has 0 bridgehead atoms. The molecule has 1 aromatic carbocycles. The zero-order chi connectivity index (χ0) is 10.5. The van der Waals surface area contributed by atoms with Gasteiger partial charge in [0.25, 0.3) is 0 Å². The van der Waals surface area contributed by atoms with Crippen LogP contribution in [0.25, 0.3) is 11.3 Å². The van der Waals surface area contributed by atoms with Crippen molar-refractivity contribution < 1.29 is 4.79 Å². The molecule has 2 rings (SSSR count). The Morgan fingerprint density at radius 2 is 2.13 bits per heavy atom. The first kappa shape index (κ1) is 9.44. The van der Waals surface area contributed by atoms with Gasteiger partial charge in [-0.1, -0.05) is 30.3 Å². The average Bonchev–Trinajstić information content (AvgIpc) is 2.76. The van der Waals surface area contributed by atoms with Crippen LogP contribution in [0.4, 0.5) is 0 Å². The van der Waals surface area contributed by atoms with Gasteiger partial charge in [0.05, 0.1) is 11.9 Å². The molecular weight excluding hydrogens is 188 g/mol. The third-order valence-electron chi connectivity index (χ3n) is 2.09. The maximum absolute atomic E-state index is 10.0. The lowest BCUT2D eigenvalue weighted by Crippen LogP contribution is -1.84. The fraction of sp³-hybridized carbons (Fsp3) is 0.0833. The van der Waals surface area contributed by atoms with Gasteiger partial charge in [-0.25, -0.2) is 9.78 Å². The van der Waals surface area contributed by atoms with E-state index in [-0.39, 0.29) is 0 Å². The Morgan fingerprint density at radius 3 is 2.87 bits per heavy atom. The molecule has 0 amide bonds. The summed E-state index contributed by atoms with van der Waals surface area (Å²) in [6.07, 6.45) is 3.67. The van der Waals surface area contributed by atoms with Crippen molar-refractivity contribution in [3.05, 3.63) is 48.4 Å². The SMILES string of the molecule is O=C=CCc1ncc(-c2ccccc2)[nH]1. The second-order valence-electron chi connectivity index (χ2n) is 3.14. The molecule has 0 saturated heterocycles. The number of carbonyl (C=O) groups excluding carboxylic acids is 1. The highest BCUT2D eigenvalue weighted by molar-refractivity contribution is 5.58. The summed E-state index contributed by atoms with van der Waals surface area (Å²) in [5, 5.41) is 0. The van der Waals surface area contributed by atoms with E-state index in [1.165, 1.54) is 6.08 Å². The van der Waals surface area contributed by atoms with Crippen LogP contribution in [0.2, 0.25) is 0 Å². The van der Waals surface area contributed by atoms with Crippen LogP contribution in [-0.4, -0.2) is 15.9 Å². The maximum Gasteiger partial charge on any atom is 0.120 e. The van der Waals surface area contributed by atoms with Gasteiger partial charge in [0.2, 0.25) is 0 Å². The molecule has 0 fully saturated rings. The molecule has 3 nitrogen and oxygen atoms in total. The molecule has 0 atom stereocenters. The van der Waals surface area contributed by atoms with Crippen molar-refractivity contribution in [1.82, 2.24) is 9.97 Å². The van der Waals surface area contributed by atoms with Crippen LogP contribution < -0.4 is 0 Å². The normalized spacial score (nSPS) is 9.60. The lowest BCUT2D eigenvalue weighted by atomic mass is 10.2. The summed E-state index contributed by atoms with van der Waals surface area (Å²) in [6.45, 7) is 0. The minimum absolute atomic E-state index is 0.496. The molecule has 0 radical (unpaired) electrons. The zero-order valence-corrected chi connectivity index (χ0v) is 8.10. The van der Waals surface area contributed by atoms with E-state index in [4.69, 9.17) is 0 Å². The summed E-state index contributed by atoms with van der Waals surface area (Å²) in [4.78, 5) is 17.3. The van der Waals surface area contributed by atoms with Gasteiger partial charge in [-0.15, -0.1) is 0 Å². The summed E-state index contributed by atoms with van der Waals surface area (Å²) in [7, 11) is 0. The van der Waals surface area contributed by atoms with Crippen LogP contribution in [0.1, 0.15) is 5.82 Å². The highest BCUT2D eigenvalue weighted by Crippen LogP contribution is 2.15. The fourth-order valence-electron chi connectivity index (χ4n) is 1.37. The van der Waals surface area contributed by atoms with Crippen molar-refractivity contribution in [3.8, 4) is 11.3 Å². The Bertz CT molecular complexity index is 481. The van der Waals surface area contributed by atoms with Gasteiger partial charge < -0.3 is 4.98 Å². The summed E-state index contributed by atoms with van der Waals surface area (Å²) in [6, 6.07) is 9.93. The van der Waals surface area contributed by atoms with E-state index in [1.807, 2.05) is 30.3 Å². The predicted molar refractivity (Wildman–Crippen MR) is 58.0 cm³/mol. The molecule has 0 spiro atoms. The summed E-state index contributed by atoms with van der Waals surface area (Å²) in [5.74, 6) is 2.51. The van der Waals surface area contributed by atoms with Crippen molar-refractivity contribution in [2.75, 3.05) is 0 Å². The quantitative estimate of drug-likeness (QED) is 0.767. The molecule has 1 N–H and O–H groups in total. The van der Waals surface area contributed by atoms with Crippen LogP contribution >= 0.6 is 0 Å². The van der Waals surface area contributed by atoms with Crippen LogP contribution in [0, 0.1) is 0 Å². The van der Waals surface area contributed by atoms with Gasteiger partial charge in [-0.3, -0.25) is 0 Å². The first-order valence-electron chi connectivity index (χ1n) is 4.69. The van der Waals surface area contributed by atoms with Crippen LogP contribution in [-0.2, 0) is 11.2 Å². The Balaban J connectivity index is 2.24. The summed E-state index contributed by atoms with van der Waals surface area (Å²) < 4.78 is 0. The molecule has 0 aliphatic heterocycles. The van der Waals surface area contributed by atoms with E-state index in [2.05, 4.69) is 9.97 Å². The van der Waals surface area contributed by atoms with Crippen molar-refractivity contribution in [2.45, 2.75) is 6.42 Å². The number of hydrogen-bond donors (Lipinski definition) is 1. The van der Waals surface area contributed by atoms with Gasteiger partial charge in [0.1, 0.15) is 11.8 Å². The van der Waals surface area contributed by atoms with E-state index in [1.54, 1.807) is 12.1 Å². The van der Waals surface area contributed by atoms with Gasteiger partial charge in [0.15, 0.2) is 0 Å². The summed E-state index contributed by atoms with van der Waals surface area (Å²) in [5.41, 5.74) is 2.05. The number of nitrogens with zero attached hydrogens (tertiary/aromatic N) is 1. The predicted octanol–water partition coefficient (Wildman–Crippen LogP) is 2.01. The van der Waals surface area contributed by atoms with Crippen molar-refractivity contribution in [2.24, 2.45) is 0 Å². The molecular formula is C12H10N2O. The molecule has 0 unspecified atom stereocenters. The van der Waals surface area contributed by atoms with E-state index >= 15 is 0 Å². The van der Waals surface area contributed by atoms with Crippen LogP contribution in [0.5, 0.6) is 0 Å². The number of nitrogens with one attached hydrogen (secondary N) is 1. The van der Waals surface area contributed by atoms with Crippen molar-refractivity contribution in [3.63, 3.8) is 0 Å². The van der Waals surface area contributed by atoms with Crippen molar-refractivity contribution in [1.29, 1.82) is 0 Å². The number of hydrogen-bond acceptors (Lipinski definition) is 2. The molecule has 0 saturated carbocycles. The van der Waals surface area contributed by atoms with E-state index < -0.39 is 0 Å². The minimum Gasteiger partial charge on any atom is -0.342 e. The van der Waals surface area contributed by atoms with Crippen LogP contribution in [0.3, 0.4) is 0 Å². The molecule has 74 valence electrons. The Labute approximate surface area is 87.5 Å². The Hall–Kier alpha value is -2.12. The van der Waals surface area contributed by atoms with Gasteiger partial charge in [0, 0.05) is 12.5 Å². The zero-order valence-electron chi connectivity index (χ0n) is 8.10. The monoisotopic (exact) mass is 198 g/mol. The Morgan fingerprint density at radius 1 is 1.33 bits per heavy atom. The lowest BCUT2D eigenvalue weighted by molar-refractivity contribution is 0.568. The van der Waals surface area contributed by atoms with Crippen molar-refractivity contribution >= 4 is 5.94 Å². The largest absolute Gasteiger partial charge is 0.342 e. The third kappa shape index (κ3) is 2.22. The molecule has 15 heavy (non-hydrogen) atoms. The minimum atomic E-state index is 0.496. The van der Waals surface area contributed by atoms with Gasteiger partial charge in [-0.2, -0.15) is 0 Å². The first-order chi connectivity index (χ1) is 7.40. The highest BCUT2D eigenvalue weighted by atomic mass is 16.1. The van der Waals surface area contributed by atoms with E-state index in [0.29, 0.717) is 6.42 Å². The van der Waals surface area contributed by atoms with E-state index in [9.17, 15) is 4.79 Å². The number of imidazole rings is 1. The average molecular weight is 198 g/mol. The second kappa shape index (κ2) is 4.40. The molecule has 0 aliphatic rings. The van der Waals surface area contributed by atoms with Crippen LogP contribution in [0.15, 0.2) is 42.6 Å². The topological polar surface area (TPSA) is 45.8 Å².